The summed E-state index contributed by atoms with van der Waals surface area (Å²) in [5, 5.41) is 2.81. The zero-order chi connectivity index (χ0) is 21.9. The highest BCUT2D eigenvalue weighted by Crippen LogP contribution is 2.58. The van der Waals surface area contributed by atoms with E-state index in [9.17, 15) is 4.79 Å². The van der Waals surface area contributed by atoms with Gasteiger partial charge in [-0.1, -0.05) is 54.6 Å². The third kappa shape index (κ3) is 4.63. The van der Waals surface area contributed by atoms with E-state index in [2.05, 4.69) is 34.5 Å². The van der Waals surface area contributed by atoms with Gasteiger partial charge in [-0.2, -0.15) is 0 Å². The molecule has 5 nitrogen and oxygen atoms in total. The lowest BCUT2D eigenvalue weighted by atomic mass is 10.1. The van der Waals surface area contributed by atoms with E-state index in [-0.39, 0.29) is 6.61 Å². The molecule has 1 saturated carbocycles. The van der Waals surface area contributed by atoms with E-state index < -0.39 is 6.09 Å². The first kappa shape index (κ1) is 20.6. The molecule has 3 aromatic carbocycles. The number of carbonyl (C=O) groups is 1. The average Bonchev–Trinajstić information content (AvgIpc) is 3.33. The third-order valence-corrected chi connectivity index (χ3v) is 6.59. The molecule has 164 valence electrons. The summed E-state index contributed by atoms with van der Waals surface area (Å²) in [5.41, 5.74) is 4.43. The fourth-order valence-corrected chi connectivity index (χ4v) is 4.89. The van der Waals surface area contributed by atoms with Crippen LogP contribution in [0.25, 0.3) is 0 Å². The molecular weight excluding hydrogens is 400 g/mol. The van der Waals surface area contributed by atoms with E-state index >= 15 is 0 Å². The van der Waals surface area contributed by atoms with Crippen molar-refractivity contribution in [2.45, 2.75) is 19.1 Å². The van der Waals surface area contributed by atoms with Crippen molar-refractivity contribution >= 4 is 11.8 Å². The number of nitrogens with zero attached hydrogens (tertiary/aromatic N) is 1. The Kier molecular flexibility index (Phi) is 5.82. The fraction of sp³-hybridized carbons (Fsp3) is 0.296. The lowest BCUT2D eigenvalue weighted by Gasteiger charge is -2.20. The highest BCUT2D eigenvalue weighted by atomic mass is 16.5. The van der Waals surface area contributed by atoms with Gasteiger partial charge >= 0.3 is 6.09 Å². The molecule has 1 N–H and O–H groups in total. The number of carbonyl (C=O) groups excluding carboxylic acids is 1. The van der Waals surface area contributed by atoms with Crippen LogP contribution in [0.3, 0.4) is 0 Å². The number of likely N-dealkylation sites (tertiary alicyclic amines) is 1. The topological polar surface area (TPSA) is 50.8 Å². The second-order valence-electron chi connectivity index (χ2n) is 8.70. The van der Waals surface area contributed by atoms with Crippen molar-refractivity contribution in [3.8, 4) is 5.75 Å². The minimum Gasteiger partial charge on any atom is -0.497 e. The maximum absolute atomic E-state index is 12.1. The molecule has 1 heterocycles. The van der Waals surface area contributed by atoms with Crippen molar-refractivity contribution in [2.75, 3.05) is 25.5 Å². The number of methoxy groups -OCH3 is 1. The highest BCUT2D eigenvalue weighted by molar-refractivity contribution is 5.84. The Labute approximate surface area is 189 Å². The third-order valence-electron chi connectivity index (χ3n) is 6.59. The standard InChI is InChI=1S/C27H28N2O3/c1-31-23-13-7-19(8-14-23)15-29-16-24-25(17-29)26(24)21-9-11-22(12-10-21)28-27(30)32-18-20-5-3-2-4-6-20/h2-14,24-26H,15-18H2,1H3,(H,28,30)/t24-,25+,26+. The summed E-state index contributed by atoms with van der Waals surface area (Å²) in [6, 6.07) is 26.3. The van der Waals surface area contributed by atoms with Gasteiger partial charge in [-0.3, -0.25) is 10.2 Å². The number of piperidine rings is 1. The number of hydrogen-bond donors (Lipinski definition) is 1. The molecule has 3 aromatic rings. The van der Waals surface area contributed by atoms with E-state index in [0.29, 0.717) is 5.92 Å². The van der Waals surface area contributed by atoms with Gasteiger partial charge < -0.3 is 9.47 Å². The molecule has 1 amide bonds. The molecular formula is C27H28N2O3. The molecule has 0 aromatic heterocycles. The molecule has 0 bridgehead atoms. The second-order valence-corrected chi connectivity index (χ2v) is 8.70. The number of nitrogens with one attached hydrogen (secondary N) is 1. The molecule has 32 heavy (non-hydrogen) atoms. The van der Waals surface area contributed by atoms with Crippen LogP contribution in [0, 0.1) is 11.8 Å². The zero-order valence-electron chi connectivity index (χ0n) is 18.2. The first-order valence-electron chi connectivity index (χ1n) is 11.1. The van der Waals surface area contributed by atoms with Gasteiger partial charge in [-0.25, -0.2) is 4.79 Å². The number of ether oxygens (including phenoxy) is 2. The van der Waals surface area contributed by atoms with Crippen LogP contribution in [-0.2, 0) is 17.9 Å². The number of benzene rings is 3. The normalized spacial score (nSPS) is 21.6. The lowest BCUT2D eigenvalue weighted by molar-refractivity contribution is 0.155. The van der Waals surface area contributed by atoms with Gasteiger partial charge in [0, 0.05) is 25.3 Å². The molecule has 0 spiro atoms. The van der Waals surface area contributed by atoms with E-state index in [1.165, 1.54) is 11.1 Å². The number of anilines is 1. The van der Waals surface area contributed by atoms with Gasteiger partial charge in [-0.05, 0) is 58.7 Å². The Morgan fingerprint density at radius 2 is 1.59 bits per heavy atom. The van der Waals surface area contributed by atoms with Gasteiger partial charge in [0.15, 0.2) is 0 Å². The van der Waals surface area contributed by atoms with Gasteiger partial charge in [0.1, 0.15) is 12.4 Å². The Morgan fingerprint density at radius 1 is 0.906 bits per heavy atom. The Morgan fingerprint density at radius 3 is 2.25 bits per heavy atom. The van der Waals surface area contributed by atoms with Gasteiger partial charge in [0.25, 0.3) is 0 Å². The monoisotopic (exact) mass is 428 g/mol. The minimum atomic E-state index is -0.431. The summed E-state index contributed by atoms with van der Waals surface area (Å²) in [6.45, 7) is 3.56. The second kappa shape index (κ2) is 9.05. The molecule has 1 aliphatic heterocycles. The van der Waals surface area contributed by atoms with Crippen LogP contribution in [0.5, 0.6) is 5.75 Å². The molecule has 0 radical (unpaired) electrons. The number of rotatable bonds is 7. The van der Waals surface area contributed by atoms with Crippen LogP contribution in [0.1, 0.15) is 22.6 Å². The zero-order valence-corrected chi connectivity index (χ0v) is 18.2. The Balaban J connectivity index is 1.08. The van der Waals surface area contributed by atoms with E-state index in [4.69, 9.17) is 9.47 Å². The van der Waals surface area contributed by atoms with Crippen molar-refractivity contribution in [1.82, 2.24) is 4.90 Å². The highest BCUT2D eigenvalue weighted by Gasteiger charge is 2.55. The van der Waals surface area contributed by atoms with Crippen LogP contribution >= 0.6 is 0 Å². The summed E-state index contributed by atoms with van der Waals surface area (Å²) in [7, 11) is 1.70. The van der Waals surface area contributed by atoms with Crippen LogP contribution in [0.4, 0.5) is 10.5 Å². The van der Waals surface area contributed by atoms with Crippen molar-refractivity contribution < 1.29 is 14.3 Å². The maximum atomic E-state index is 12.1. The molecule has 2 aliphatic rings. The SMILES string of the molecule is COc1ccc(CN2C[C@@H]3[C@H](C2)[C@H]3c2ccc(NC(=O)OCc3ccccc3)cc2)cc1. The smallest absolute Gasteiger partial charge is 0.411 e. The average molecular weight is 429 g/mol. The Hall–Kier alpha value is -3.31. The van der Waals surface area contributed by atoms with E-state index in [0.717, 1.165) is 48.5 Å². The van der Waals surface area contributed by atoms with Crippen molar-refractivity contribution in [2.24, 2.45) is 11.8 Å². The lowest BCUT2D eigenvalue weighted by Crippen LogP contribution is -2.23. The van der Waals surface area contributed by atoms with Crippen molar-refractivity contribution in [1.29, 1.82) is 0 Å². The molecule has 0 unspecified atom stereocenters. The van der Waals surface area contributed by atoms with Crippen molar-refractivity contribution in [3.63, 3.8) is 0 Å². The molecule has 2 fully saturated rings. The number of fused-ring (bicyclic) bond motifs is 1. The van der Waals surface area contributed by atoms with Crippen LogP contribution < -0.4 is 10.1 Å². The van der Waals surface area contributed by atoms with Gasteiger partial charge in [0.2, 0.25) is 0 Å². The molecule has 1 saturated heterocycles. The van der Waals surface area contributed by atoms with Crippen LogP contribution in [0.15, 0.2) is 78.9 Å². The van der Waals surface area contributed by atoms with Gasteiger partial charge in [0.05, 0.1) is 7.11 Å². The van der Waals surface area contributed by atoms with Crippen molar-refractivity contribution in [3.05, 3.63) is 95.6 Å². The largest absolute Gasteiger partial charge is 0.497 e. The summed E-state index contributed by atoms with van der Waals surface area (Å²) in [6.07, 6.45) is -0.431. The van der Waals surface area contributed by atoms with E-state index in [1.54, 1.807) is 7.11 Å². The predicted molar refractivity (Wildman–Crippen MR) is 125 cm³/mol. The summed E-state index contributed by atoms with van der Waals surface area (Å²) < 4.78 is 10.5. The predicted octanol–water partition coefficient (Wildman–Crippen LogP) is 5.29. The van der Waals surface area contributed by atoms with Crippen LogP contribution in [-0.4, -0.2) is 31.2 Å². The first-order chi connectivity index (χ1) is 15.7. The molecule has 5 rings (SSSR count). The summed E-state index contributed by atoms with van der Waals surface area (Å²) >= 11 is 0. The van der Waals surface area contributed by atoms with Gasteiger partial charge in [-0.15, -0.1) is 0 Å². The molecule has 3 atom stereocenters. The quantitative estimate of drug-likeness (QED) is 0.556. The maximum Gasteiger partial charge on any atom is 0.411 e. The first-order valence-corrected chi connectivity index (χ1v) is 11.1. The molecule has 1 aliphatic carbocycles. The number of amides is 1. The molecule has 5 heteroatoms. The number of hydrogen-bond acceptors (Lipinski definition) is 4. The van der Waals surface area contributed by atoms with E-state index in [1.807, 2.05) is 54.6 Å². The minimum absolute atomic E-state index is 0.267. The Bertz CT molecular complexity index is 1040. The fourth-order valence-electron chi connectivity index (χ4n) is 4.89. The summed E-state index contributed by atoms with van der Waals surface area (Å²) in [4.78, 5) is 14.6. The van der Waals surface area contributed by atoms with Crippen LogP contribution in [0.2, 0.25) is 0 Å². The summed E-state index contributed by atoms with van der Waals surface area (Å²) in [5.74, 6) is 3.02.